The summed E-state index contributed by atoms with van der Waals surface area (Å²) in [5.41, 5.74) is 4.22. The molecule has 8 heteroatoms. The van der Waals surface area contributed by atoms with Gasteiger partial charge in [-0.25, -0.2) is 8.42 Å². The van der Waals surface area contributed by atoms with Gasteiger partial charge in [0.1, 0.15) is 11.3 Å². The predicted molar refractivity (Wildman–Crippen MR) is 117 cm³/mol. The van der Waals surface area contributed by atoms with Gasteiger partial charge in [0, 0.05) is 24.0 Å². The molecule has 1 fully saturated rings. The maximum absolute atomic E-state index is 12.8. The Balaban J connectivity index is 1.37. The van der Waals surface area contributed by atoms with Crippen molar-refractivity contribution in [3.8, 4) is 5.75 Å². The molecule has 3 aromatic rings. The van der Waals surface area contributed by atoms with Gasteiger partial charge in [0.05, 0.1) is 23.3 Å². The van der Waals surface area contributed by atoms with E-state index in [1.165, 1.54) is 33.6 Å². The fourth-order valence-electron chi connectivity index (χ4n) is 4.51. The molecular weight excluding hydrogens is 416 g/mol. The number of phenols is 1. The first-order valence-corrected chi connectivity index (χ1v) is 12.0. The van der Waals surface area contributed by atoms with Gasteiger partial charge in [0.25, 0.3) is 0 Å². The maximum Gasteiger partial charge on any atom is 0.243 e. The van der Waals surface area contributed by atoms with Crippen LogP contribution in [-0.4, -0.2) is 36.8 Å². The second-order valence-electron chi connectivity index (χ2n) is 8.25. The highest BCUT2D eigenvalue weighted by Crippen LogP contribution is 2.32. The van der Waals surface area contributed by atoms with Gasteiger partial charge in [0.15, 0.2) is 0 Å². The quantitative estimate of drug-likeness (QED) is 0.591. The third kappa shape index (κ3) is 3.70. The highest BCUT2D eigenvalue weighted by molar-refractivity contribution is 7.89. The van der Waals surface area contributed by atoms with Gasteiger partial charge in [-0.05, 0) is 73.6 Å². The number of nitrogens with zero attached hydrogens (tertiary/aromatic N) is 1. The standard InChI is InChI=1S/C23H24N2O5S/c26-21-7-6-18(31(28,29)25-8-1-2-9-25)13-20(21)24-23(27)12-17-14-30-22-11-16-5-3-4-15(16)10-19(17)22/h6-7,10-11,13-14,26H,1-5,8-9,12H2,(H,24,27). The molecule has 2 aliphatic rings. The molecule has 5 rings (SSSR count). The van der Waals surface area contributed by atoms with E-state index in [1.54, 1.807) is 6.26 Å². The molecule has 0 spiro atoms. The molecule has 2 N–H and O–H groups in total. The fraction of sp³-hybridized carbons (Fsp3) is 0.348. The number of hydrogen-bond donors (Lipinski definition) is 2. The summed E-state index contributed by atoms with van der Waals surface area (Å²) >= 11 is 0. The number of furan rings is 1. The molecule has 0 atom stereocenters. The van der Waals surface area contributed by atoms with Gasteiger partial charge in [-0.3, -0.25) is 4.79 Å². The Morgan fingerprint density at radius 2 is 1.81 bits per heavy atom. The number of phenolic OH excluding ortho intramolecular Hbond substituents is 1. The molecular formula is C23H24N2O5S. The summed E-state index contributed by atoms with van der Waals surface area (Å²) in [5, 5.41) is 13.8. The summed E-state index contributed by atoms with van der Waals surface area (Å²) < 4.78 is 32.7. The number of amides is 1. The number of hydrogen-bond acceptors (Lipinski definition) is 5. The smallest absolute Gasteiger partial charge is 0.243 e. The van der Waals surface area contributed by atoms with Gasteiger partial charge in [0.2, 0.25) is 15.9 Å². The number of rotatable bonds is 5. The second kappa shape index (κ2) is 7.69. The molecule has 0 saturated carbocycles. The minimum atomic E-state index is -3.64. The summed E-state index contributed by atoms with van der Waals surface area (Å²) in [5.74, 6) is -0.530. The number of fused-ring (bicyclic) bond motifs is 2. The van der Waals surface area contributed by atoms with Crippen LogP contribution in [0.3, 0.4) is 0 Å². The molecule has 1 amide bonds. The molecule has 1 saturated heterocycles. The van der Waals surface area contributed by atoms with Crippen LogP contribution in [0.5, 0.6) is 5.75 Å². The number of benzene rings is 2. The minimum absolute atomic E-state index is 0.0619. The van der Waals surface area contributed by atoms with E-state index in [0.717, 1.165) is 48.6 Å². The molecule has 162 valence electrons. The largest absolute Gasteiger partial charge is 0.506 e. The topological polar surface area (TPSA) is 99.8 Å². The van der Waals surface area contributed by atoms with Gasteiger partial charge < -0.3 is 14.8 Å². The Hall–Kier alpha value is -2.84. The molecule has 2 heterocycles. The lowest BCUT2D eigenvalue weighted by Crippen LogP contribution is -2.28. The monoisotopic (exact) mass is 440 g/mol. The lowest BCUT2D eigenvalue weighted by atomic mass is 10.0. The lowest BCUT2D eigenvalue weighted by Gasteiger charge is -2.16. The van der Waals surface area contributed by atoms with Crippen molar-refractivity contribution in [2.24, 2.45) is 0 Å². The minimum Gasteiger partial charge on any atom is -0.506 e. The zero-order valence-electron chi connectivity index (χ0n) is 17.1. The Morgan fingerprint density at radius 1 is 1.06 bits per heavy atom. The van der Waals surface area contributed by atoms with Crippen LogP contribution in [0, 0.1) is 0 Å². The van der Waals surface area contributed by atoms with E-state index < -0.39 is 10.0 Å². The van der Waals surface area contributed by atoms with Crippen molar-refractivity contribution < 1.29 is 22.7 Å². The van der Waals surface area contributed by atoms with Crippen LogP contribution in [0.1, 0.15) is 36.0 Å². The third-order valence-electron chi connectivity index (χ3n) is 6.16. The average molecular weight is 441 g/mol. The van der Waals surface area contributed by atoms with E-state index in [2.05, 4.69) is 17.4 Å². The highest BCUT2D eigenvalue weighted by atomic mass is 32.2. The van der Waals surface area contributed by atoms with E-state index in [9.17, 15) is 18.3 Å². The van der Waals surface area contributed by atoms with Crippen molar-refractivity contribution in [3.63, 3.8) is 0 Å². The van der Waals surface area contributed by atoms with Crippen molar-refractivity contribution in [1.29, 1.82) is 0 Å². The van der Waals surface area contributed by atoms with E-state index in [-0.39, 0.29) is 28.7 Å². The Morgan fingerprint density at radius 3 is 2.58 bits per heavy atom. The molecule has 1 aliphatic heterocycles. The fourth-order valence-corrected chi connectivity index (χ4v) is 6.05. The van der Waals surface area contributed by atoms with Crippen LogP contribution >= 0.6 is 0 Å². The van der Waals surface area contributed by atoms with Crippen LogP contribution in [0.25, 0.3) is 11.0 Å². The molecule has 0 bridgehead atoms. The highest BCUT2D eigenvalue weighted by Gasteiger charge is 2.28. The number of carbonyl (C=O) groups is 1. The van der Waals surface area contributed by atoms with E-state index in [0.29, 0.717) is 13.1 Å². The molecule has 1 aliphatic carbocycles. The summed E-state index contributed by atoms with van der Waals surface area (Å²) in [7, 11) is -3.64. The average Bonchev–Trinajstić information content (AvgIpc) is 3.49. The molecule has 0 radical (unpaired) electrons. The summed E-state index contributed by atoms with van der Waals surface area (Å²) in [6, 6.07) is 8.14. The summed E-state index contributed by atoms with van der Waals surface area (Å²) in [6.07, 6.45) is 6.55. The van der Waals surface area contributed by atoms with E-state index in [4.69, 9.17) is 4.42 Å². The number of carbonyl (C=O) groups excluding carboxylic acids is 1. The van der Waals surface area contributed by atoms with Crippen LogP contribution < -0.4 is 5.32 Å². The first-order valence-electron chi connectivity index (χ1n) is 10.6. The molecule has 0 unspecified atom stereocenters. The third-order valence-corrected chi connectivity index (χ3v) is 8.06. The zero-order valence-corrected chi connectivity index (χ0v) is 17.9. The Bertz CT molecular complexity index is 1270. The van der Waals surface area contributed by atoms with Gasteiger partial charge in [-0.1, -0.05) is 0 Å². The molecule has 7 nitrogen and oxygen atoms in total. The lowest BCUT2D eigenvalue weighted by molar-refractivity contribution is -0.115. The molecule has 1 aromatic heterocycles. The summed E-state index contributed by atoms with van der Waals surface area (Å²) in [4.78, 5) is 12.8. The van der Waals surface area contributed by atoms with Crippen LogP contribution in [0.15, 0.2) is 45.9 Å². The number of nitrogens with one attached hydrogen (secondary N) is 1. The first-order chi connectivity index (χ1) is 14.9. The normalized spacial score (nSPS) is 16.6. The van der Waals surface area contributed by atoms with Gasteiger partial charge in [-0.15, -0.1) is 0 Å². The van der Waals surface area contributed by atoms with Crippen molar-refractivity contribution in [1.82, 2.24) is 4.31 Å². The van der Waals surface area contributed by atoms with Gasteiger partial charge >= 0.3 is 0 Å². The van der Waals surface area contributed by atoms with Crippen molar-refractivity contribution in [2.45, 2.75) is 43.4 Å². The second-order valence-corrected chi connectivity index (χ2v) is 10.2. The zero-order chi connectivity index (χ0) is 21.6. The Labute approximate surface area is 180 Å². The number of anilines is 1. The number of aromatic hydroxyl groups is 1. The molecule has 2 aromatic carbocycles. The predicted octanol–water partition coefficient (Wildman–Crippen LogP) is 3.59. The van der Waals surface area contributed by atoms with Crippen LogP contribution in [0.4, 0.5) is 5.69 Å². The van der Waals surface area contributed by atoms with E-state index in [1.807, 2.05) is 0 Å². The number of aryl methyl sites for hydroxylation is 2. The number of sulfonamides is 1. The maximum atomic E-state index is 12.8. The Kier molecular flexibility index (Phi) is 4.98. The van der Waals surface area contributed by atoms with Crippen LogP contribution in [-0.2, 0) is 34.1 Å². The van der Waals surface area contributed by atoms with Crippen molar-refractivity contribution in [2.75, 3.05) is 18.4 Å². The van der Waals surface area contributed by atoms with Gasteiger partial charge in [-0.2, -0.15) is 4.31 Å². The van der Waals surface area contributed by atoms with Crippen molar-refractivity contribution >= 4 is 32.6 Å². The van der Waals surface area contributed by atoms with Crippen LogP contribution in [0.2, 0.25) is 0 Å². The molecule has 31 heavy (non-hydrogen) atoms. The first kappa shape index (κ1) is 20.1. The van der Waals surface area contributed by atoms with E-state index >= 15 is 0 Å². The summed E-state index contributed by atoms with van der Waals surface area (Å²) in [6.45, 7) is 0.977. The SMILES string of the molecule is O=C(Cc1coc2cc3c(cc12)CCC3)Nc1cc(S(=O)(=O)N2CCCC2)ccc1O. The van der Waals surface area contributed by atoms with Crippen molar-refractivity contribution in [3.05, 3.63) is 53.3 Å².